The maximum absolute atomic E-state index is 12.0. The van der Waals surface area contributed by atoms with Crippen molar-refractivity contribution in [3.05, 3.63) is 58.5 Å². The maximum Gasteiger partial charge on any atom is 0.261 e. The van der Waals surface area contributed by atoms with E-state index in [0.29, 0.717) is 10.6 Å². The minimum atomic E-state index is -0.270. The zero-order chi connectivity index (χ0) is 16.2. The van der Waals surface area contributed by atoms with Crippen LogP contribution < -0.4 is 10.6 Å². The van der Waals surface area contributed by atoms with Crippen LogP contribution in [-0.4, -0.2) is 18.4 Å². The van der Waals surface area contributed by atoms with Crippen molar-refractivity contribution in [1.82, 2.24) is 10.6 Å². The normalized spacial score (nSPS) is 12.0. The quantitative estimate of drug-likeness (QED) is 0.756. The zero-order valence-corrected chi connectivity index (χ0v) is 13.4. The summed E-state index contributed by atoms with van der Waals surface area (Å²) in [5.41, 5.74) is 0.787. The lowest BCUT2D eigenvalue weighted by atomic mass is 10.2. The standard InChI is InChI=1S/C17H16N2O3S/c1-11(14-9-12-5-2-3-6-13(12)22-14)19-16(20)10-18-17(21)15-7-4-8-23-15/h2-9,11H,10H2,1H3,(H,18,21)(H,19,20)/t11-/m1/s1. The Labute approximate surface area is 137 Å². The summed E-state index contributed by atoms with van der Waals surface area (Å²) in [4.78, 5) is 24.3. The largest absolute Gasteiger partial charge is 0.459 e. The van der Waals surface area contributed by atoms with E-state index in [0.717, 1.165) is 11.0 Å². The Morgan fingerprint density at radius 2 is 2.04 bits per heavy atom. The molecule has 2 N–H and O–H groups in total. The average molecular weight is 328 g/mol. The Kier molecular flexibility index (Phi) is 4.43. The van der Waals surface area contributed by atoms with E-state index in [1.807, 2.05) is 42.6 Å². The number of hydrogen-bond donors (Lipinski definition) is 2. The van der Waals surface area contributed by atoms with E-state index >= 15 is 0 Å². The van der Waals surface area contributed by atoms with E-state index in [9.17, 15) is 9.59 Å². The molecule has 1 aromatic carbocycles. The summed E-state index contributed by atoms with van der Waals surface area (Å²) in [6.07, 6.45) is 0. The third-order valence-corrected chi connectivity index (χ3v) is 4.27. The van der Waals surface area contributed by atoms with E-state index in [4.69, 9.17) is 4.42 Å². The van der Waals surface area contributed by atoms with Gasteiger partial charge < -0.3 is 15.1 Å². The Balaban J connectivity index is 1.55. The van der Waals surface area contributed by atoms with Crippen molar-refractivity contribution in [3.63, 3.8) is 0 Å². The SMILES string of the molecule is C[C@@H](NC(=O)CNC(=O)c1cccs1)c1cc2ccccc2o1. The summed E-state index contributed by atoms with van der Waals surface area (Å²) >= 11 is 1.34. The van der Waals surface area contributed by atoms with Gasteiger partial charge in [0.25, 0.3) is 5.91 Å². The van der Waals surface area contributed by atoms with Gasteiger partial charge in [-0.25, -0.2) is 0 Å². The highest BCUT2D eigenvalue weighted by atomic mass is 32.1. The van der Waals surface area contributed by atoms with E-state index in [1.165, 1.54) is 11.3 Å². The van der Waals surface area contributed by atoms with E-state index in [1.54, 1.807) is 12.1 Å². The molecule has 0 saturated heterocycles. The molecule has 0 unspecified atom stereocenters. The lowest BCUT2D eigenvalue weighted by Crippen LogP contribution is -2.37. The van der Waals surface area contributed by atoms with Gasteiger partial charge in [-0.3, -0.25) is 9.59 Å². The Morgan fingerprint density at radius 1 is 1.22 bits per heavy atom. The molecule has 0 aliphatic carbocycles. The molecular formula is C17H16N2O3S. The molecule has 0 bridgehead atoms. The molecule has 5 nitrogen and oxygen atoms in total. The number of fused-ring (bicyclic) bond motifs is 1. The first kappa shape index (κ1) is 15.3. The van der Waals surface area contributed by atoms with E-state index in [-0.39, 0.29) is 24.4 Å². The molecule has 6 heteroatoms. The first-order valence-electron chi connectivity index (χ1n) is 7.23. The van der Waals surface area contributed by atoms with Gasteiger partial charge in [-0.15, -0.1) is 11.3 Å². The fourth-order valence-corrected chi connectivity index (χ4v) is 2.87. The Bertz CT molecular complexity index is 790. The molecule has 3 rings (SSSR count). The summed E-state index contributed by atoms with van der Waals surface area (Å²) in [5, 5.41) is 8.22. The number of amides is 2. The number of carbonyl (C=O) groups is 2. The van der Waals surface area contributed by atoms with Crippen molar-refractivity contribution in [3.8, 4) is 0 Å². The summed E-state index contributed by atoms with van der Waals surface area (Å²) in [5.74, 6) is 0.179. The van der Waals surface area contributed by atoms with E-state index in [2.05, 4.69) is 10.6 Å². The molecule has 2 heterocycles. The van der Waals surface area contributed by atoms with Gasteiger partial charge in [-0.05, 0) is 30.5 Å². The van der Waals surface area contributed by atoms with Crippen molar-refractivity contribution in [2.24, 2.45) is 0 Å². The van der Waals surface area contributed by atoms with Crippen molar-refractivity contribution < 1.29 is 14.0 Å². The number of para-hydroxylation sites is 1. The molecule has 23 heavy (non-hydrogen) atoms. The first-order chi connectivity index (χ1) is 11.1. The average Bonchev–Trinajstić information content (AvgIpc) is 3.21. The van der Waals surface area contributed by atoms with Gasteiger partial charge >= 0.3 is 0 Å². The number of furan rings is 1. The van der Waals surface area contributed by atoms with Crippen LogP contribution in [0.4, 0.5) is 0 Å². The monoisotopic (exact) mass is 328 g/mol. The minimum Gasteiger partial charge on any atom is -0.459 e. The number of hydrogen-bond acceptors (Lipinski definition) is 4. The molecule has 0 aliphatic rings. The van der Waals surface area contributed by atoms with Crippen molar-refractivity contribution in [1.29, 1.82) is 0 Å². The molecule has 118 valence electrons. The van der Waals surface area contributed by atoms with Crippen LogP contribution in [-0.2, 0) is 4.79 Å². The summed E-state index contributed by atoms with van der Waals surface area (Å²) in [7, 11) is 0. The highest BCUT2D eigenvalue weighted by Crippen LogP contribution is 2.23. The van der Waals surface area contributed by atoms with Gasteiger partial charge in [0, 0.05) is 5.39 Å². The smallest absolute Gasteiger partial charge is 0.261 e. The third-order valence-electron chi connectivity index (χ3n) is 3.40. The van der Waals surface area contributed by atoms with Gasteiger partial charge in [-0.2, -0.15) is 0 Å². The lowest BCUT2D eigenvalue weighted by Gasteiger charge is -2.11. The van der Waals surface area contributed by atoms with Gasteiger partial charge in [0.1, 0.15) is 11.3 Å². The molecule has 0 saturated carbocycles. The second kappa shape index (κ2) is 6.66. The summed E-state index contributed by atoms with van der Waals surface area (Å²) in [6, 6.07) is 12.8. The van der Waals surface area contributed by atoms with Crippen LogP contribution >= 0.6 is 11.3 Å². The molecule has 0 fully saturated rings. The second-order valence-electron chi connectivity index (χ2n) is 5.14. The number of nitrogens with one attached hydrogen (secondary N) is 2. The maximum atomic E-state index is 12.0. The van der Waals surface area contributed by atoms with Crippen LogP contribution in [0.25, 0.3) is 11.0 Å². The summed E-state index contributed by atoms with van der Waals surface area (Å²) in [6.45, 7) is 1.78. The van der Waals surface area contributed by atoms with E-state index < -0.39 is 0 Å². The Morgan fingerprint density at radius 3 is 2.78 bits per heavy atom. The lowest BCUT2D eigenvalue weighted by molar-refractivity contribution is -0.120. The van der Waals surface area contributed by atoms with Crippen molar-refractivity contribution in [2.45, 2.75) is 13.0 Å². The zero-order valence-electron chi connectivity index (χ0n) is 12.5. The molecule has 1 atom stereocenters. The number of benzene rings is 1. The van der Waals surface area contributed by atoms with Crippen LogP contribution in [0.15, 0.2) is 52.3 Å². The molecular weight excluding hydrogens is 312 g/mol. The number of rotatable bonds is 5. The van der Waals surface area contributed by atoms with Crippen LogP contribution in [0.1, 0.15) is 28.4 Å². The molecule has 2 aromatic heterocycles. The molecule has 0 aliphatic heterocycles. The highest BCUT2D eigenvalue weighted by Gasteiger charge is 2.15. The van der Waals surface area contributed by atoms with Crippen LogP contribution in [0.3, 0.4) is 0 Å². The van der Waals surface area contributed by atoms with Crippen molar-refractivity contribution in [2.75, 3.05) is 6.54 Å². The molecule has 0 spiro atoms. The minimum absolute atomic E-state index is 0.0682. The summed E-state index contributed by atoms with van der Waals surface area (Å²) < 4.78 is 5.71. The van der Waals surface area contributed by atoms with Crippen LogP contribution in [0.2, 0.25) is 0 Å². The highest BCUT2D eigenvalue weighted by molar-refractivity contribution is 7.12. The first-order valence-corrected chi connectivity index (χ1v) is 8.11. The fraction of sp³-hybridized carbons (Fsp3) is 0.176. The predicted molar refractivity (Wildman–Crippen MR) is 89.4 cm³/mol. The Hall–Kier alpha value is -2.60. The third kappa shape index (κ3) is 3.60. The van der Waals surface area contributed by atoms with Gasteiger partial charge in [0.2, 0.25) is 5.91 Å². The molecule has 0 radical (unpaired) electrons. The molecule has 3 aromatic rings. The van der Waals surface area contributed by atoms with Gasteiger partial charge in [0.05, 0.1) is 17.5 Å². The predicted octanol–water partition coefficient (Wildman–Crippen LogP) is 3.10. The van der Waals surface area contributed by atoms with Crippen molar-refractivity contribution >= 4 is 34.1 Å². The second-order valence-corrected chi connectivity index (χ2v) is 6.08. The number of carbonyl (C=O) groups excluding carboxylic acids is 2. The fourth-order valence-electron chi connectivity index (χ4n) is 2.23. The van der Waals surface area contributed by atoms with Gasteiger partial charge in [-0.1, -0.05) is 24.3 Å². The van der Waals surface area contributed by atoms with Crippen LogP contribution in [0, 0.1) is 0 Å². The topological polar surface area (TPSA) is 71.3 Å². The van der Waals surface area contributed by atoms with Crippen LogP contribution in [0.5, 0.6) is 0 Å². The molecule has 2 amide bonds. The van der Waals surface area contributed by atoms with Gasteiger partial charge in [0.15, 0.2) is 0 Å². The number of thiophene rings is 1.